The van der Waals surface area contributed by atoms with Crippen molar-refractivity contribution in [3.8, 4) is 0 Å². The number of nitrogens with zero attached hydrogens (tertiary/aromatic N) is 1. The first-order valence-electron chi connectivity index (χ1n) is 8.46. The monoisotopic (exact) mass is 337 g/mol. The number of halogens is 1. The van der Waals surface area contributed by atoms with Crippen LogP contribution in [0.5, 0.6) is 0 Å². The van der Waals surface area contributed by atoms with E-state index < -0.39 is 0 Å². The lowest BCUT2D eigenvalue weighted by molar-refractivity contribution is -0.0920. The molecule has 1 aliphatic carbocycles. The van der Waals surface area contributed by atoms with Crippen molar-refractivity contribution < 1.29 is 14.6 Å². The van der Waals surface area contributed by atoms with Crippen LogP contribution in [0.1, 0.15) is 57.1 Å². The Morgan fingerprint density at radius 3 is 2.52 bits per heavy atom. The molecule has 1 atom stereocenters. The zero-order valence-electron chi connectivity index (χ0n) is 13.5. The maximum Gasteiger partial charge on any atom is 0.410 e. The molecule has 1 amide bonds. The van der Waals surface area contributed by atoms with Crippen molar-refractivity contribution in [2.24, 2.45) is 0 Å². The molecule has 0 aromatic heterocycles. The summed E-state index contributed by atoms with van der Waals surface area (Å²) in [5.74, 6) is 0. The van der Waals surface area contributed by atoms with E-state index in [0.29, 0.717) is 11.6 Å². The van der Waals surface area contributed by atoms with E-state index in [2.05, 4.69) is 6.92 Å². The molecule has 5 heteroatoms. The highest BCUT2D eigenvalue weighted by Crippen LogP contribution is 2.40. The van der Waals surface area contributed by atoms with Crippen molar-refractivity contribution >= 4 is 17.7 Å². The van der Waals surface area contributed by atoms with Gasteiger partial charge in [0.2, 0.25) is 0 Å². The highest BCUT2D eigenvalue weighted by molar-refractivity contribution is 6.30. The van der Waals surface area contributed by atoms with Crippen molar-refractivity contribution in [3.63, 3.8) is 0 Å². The van der Waals surface area contributed by atoms with Crippen LogP contribution in [-0.2, 0) is 4.74 Å². The Kier molecular flexibility index (Phi) is 4.83. The molecule has 0 radical (unpaired) electrons. The lowest BCUT2D eigenvalue weighted by atomic mass is 9.80. The largest absolute Gasteiger partial charge is 0.443 e. The Balaban J connectivity index is 1.72. The lowest BCUT2D eigenvalue weighted by Crippen LogP contribution is -2.52. The van der Waals surface area contributed by atoms with Gasteiger partial charge in [0, 0.05) is 18.0 Å². The number of ether oxygens (including phenoxy) is 1. The molecule has 1 aliphatic heterocycles. The number of rotatable bonds is 3. The molecule has 1 aromatic carbocycles. The summed E-state index contributed by atoms with van der Waals surface area (Å²) in [6.45, 7) is 2.78. The molecule has 1 spiro atoms. The van der Waals surface area contributed by atoms with Crippen LogP contribution in [0.25, 0.3) is 0 Å². The Labute approximate surface area is 142 Å². The second-order valence-corrected chi connectivity index (χ2v) is 7.14. The summed E-state index contributed by atoms with van der Waals surface area (Å²) in [5, 5.41) is 10.4. The maximum absolute atomic E-state index is 12.6. The van der Waals surface area contributed by atoms with Crippen molar-refractivity contribution in [1.82, 2.24) is 4.90 Å². The highest BCUT2D eigenvalue weighted by Gasteiger charge is 2.44. The smallest absolute Gasteiger partial charge is 0.410 e. The maximum atomic E-state index is 12.6. The zero-order chi connectivity index (χ0) is 16.4. The minimum atomic E-state index is -0.356. The first-order chi connectivity index (χ1) is 11.0. The standard InChI is InChI=1S/C18H24ClNO3/c1-2-16(13-3-5-14(19)6-4-13)20-12-11-18(23-17(20)22)9-7-15(21)8-10-18/h3-6,15-16,21H,2,7-12H2,1H3/t15-,16-,18+/m0/s1. The van der Waals surface area contributed by atoms with Crippen LogP contribution in [0.4, 0.5) is 4.79 Å². The van der Waals surface area contributed by atoms with Crippen LogP contribution >= 0.6 is 11.6 Å². The molecule has 1 saturated heterocycles. The SMILES string of the molecule is CC[C@@H](c1ccc(Cl)cc1)N1CC[C@]2(CC[C@H](O)CC2)OC1=O. The molecule has 23 heavy (non-hydrogen) atoms. The van der Waals surface area contributed by atoms with E-state index in [-0.39, 0.29) is 23.8 Å². The molecule has 4 nitrogen and oxygen atoms in total. The van der Waals surface area contributed by atoms with Gasteiger partial charge in [0.1, 0.15) is 5.60 Å². The number of aliphatic hydroxyl groups excluding tert-OH is 1. The number of benzene rings is 1. The van der Waals surface area contributed by atoms with Gasteiger partial charge in [-0.05, 0) is 49.8 Å². The van der Waals surface area contributed by atoms with Crippen molar-refractivity contribution in [2.75, 3.05) is 6.54 Å². The van der Waals surface area contributed by atoms with Gasteiger partial charge in [0.25, 0.3) is 0 Å². The van der Waals surface area contributed by atoms with Crippen LogP contribution in [0.3, 0.4) is 0 Å². The molecule has 0 unspecified atom stereocenters. The summed E-state index contributed by atoms with van der Waals surface area (Å²) in [6, 6.07) is 7.69. The van der Waals surface area contributed by atoms with E-state index in [1.807, 2.05) is 29.2 Å². The molecule has 3 rings (SSSR count). The van der Waals surface area contributed by atoms with Crippen molar-refractivity contribution in [1.29, 1.82) is 0 Å². The topological polar surface area (TPSA) is 49.8 Å². The van der Waals surface area contributed by atoms with E-state index in [4.69, 9.17) is 16.3 Å². The van der Waals surface area contributed by atoms with Crippen LogP contribution in [0.2, 0.25) is 5.02 Å². The number of carbonyl (C=O) groups excluding carboxylic acids is 1. The van der Waals surface area contributed by atoms with Crippen LogP contribution in [0, 0.1) is 0 Å². The Morgan fingerprint density at radius 1 is 1.30 bits per heavy atom. The van der Waals surface area contributed by atoms with Gasteiger partial charge in [-0.2, -0.15) is 0 Å². The van der Waals surface area contributed by atoms with Gasteiger partial charge in [0.05, 0.1) is 12.1 Å². The second-order valence-electron chi connectivity index (χ2n) is 6.70. The minimum absolute atomic E-state index is 0.0197. The van der Waals surface area contributed by atoms with Gasteiger partial charge in [-0.1, -0.05) is 30.7 Å². The number of hydrogen-bond donors (Lipinski definition) is 1. The van der Waals surface area contributed by atoms with Gasteiger partial charge in [-0.15, -0.1) is 0 Å². The minimum Gasteiger partial charge on any atom is -0.443 e. The molecule has 2 aliphatic rings. The number of aliphatic hydroxyl groups is 1. The molecule has 1 aromatic rings. The quantitative estimate of drug-likeness (QED) is 0.894. The Bertz CT molecular complexity index is 552. The summed E-state index contributed by atoms with van der Waals surface area (Å²) in [6.07, 6.45) is 4.20. The molecular weight excluding hydrogens is 314 g/mol. The number of carbonyl (C=O) groups is 1. The van der Waals surface area contributed by atoms with E-state index in [0.717, 1.165) is 44.1 Å². The molecule has 1 N–H and O–H groups in total. The average molecular weight is 338 g/mol. The van der Waals surface area contributed by atoms with E-state index in [1.54, 1.807) is 0 Å². The van der Waals surface area contributed by atoms with E-state index in [9.17, 15) is 9.90 Å². The first-order valence-corrected chi connectivity index (χ1v) is 8.84. The van der Waals surface area contributed by atoms with Gasteiger partial charge in [-0.25, -0.2) is 4.79 Å². The first kappa shape index (κ1) is 16.6. The van der Waals surface area contributed by atoms with Gasteiger partial charge in [0.15, 0.2) is 0 Å². The average Bonchev–Trinajstić information content (AvgIpc) is 2.55. The summed E-state index contributed by atoms with van der Waals surface area (Å²) in [5.41, 5.74) is 0.731. The zero-order valence-corrected chi connectivity index (χ0v) is 14.3. The third-order valence-electron chi connectivity index (χ3n) is 5.23. The lowest BCUT2D eigenvalue weighted by Gasteiger charge is -2.46. The third kappa shape index (κ3) is 3.48. The summed E-state index contributed by atoms with van der Waals surface area (Å²) in [4.78, 5) is 14.4. The molecule has 1 saturated carbocycles. The van der Waals surface area contributed by atoms with Gasteiger partial charge < -0.3 is 14.7 Å². The molecule has 0 bridgehead atoms. The fourth-order valence-corrected chi connectivity index (χ4v) is 3.92. The van der Waals surface area contributed by atoms with E-state index >= 15 is 0 Å². The van der Waals surface area contributed by atoms with Crippen LogP contribution in [0.15, 0.2) is 24.3 Å². The normalized spacial score (nSPS) is 29.4. The highest BCUT2D eigenvalue weighted by atomic mass is 35.5. The van der Waals surface area contributed by atoms with Gasteiger partial charge in [-0.3, -0.25) is 0 Å². The summed E-state index contributed by atoms with van der Waals surface area (Å²) >= 11 is 5.96. The fraction of sp³-hybridized carbons (Fsp3) is 0.611. The number of hydrogen-bond acceptors (Lipinski definition) is 3. The predicted octanol–water partition coefficient (Wildman–Crippen LogP) is 4.31. The second kappa shape index (κ2) is 6.70. The van der Waals surface area contributed by atoms with E-state index in [1.165, 1.54) is 0 Å². The molecular formula is C18H24ClNO3. The van der Waals surface area contributed by atoms with Crippen molar-refractivity contribution in [3.05, 3.63) is 34.9 Å². The fourth-order valence-electron chi connectivity index (χ4n) is 3.80. The van der Waals surface area contributed by atoms with Crippen LogP contribution in [-0.4, -0.2) is 34.3 Å². The predicted molar refractivity (Wildman–Crippen MR) is 89.5 cm³/mol. The van der Waals surface area contributed by atoms with Crippen LogP contribution < -0.4 is 0 Å². The van der Waals surface area contributed by atoms with Gasteiger partial charge >= 0.3 is 6.09 Å². The summed E-state index contributed by atoms with van der Waals surface area (Å²) < 4.78 is 5.85. The summed E-state index contributed by atoms with van der Waals surface area (Å²) in [7, 11) is 0. The third-order valence-corrected chi connectivity index (χ3v) is 5.48. The Hall–Kier alpha value is -1.26. The molecule has 2 fully saturated rings. The molecule has 1 heterocycles. The molecule has 126 valence electrons. The Morgan fingerprint density at radius 2 is 1.96 bits per heavy atom. The number of amides is 1. The van der Waals surface area contributed by atoms with Crippen molar-refractivity contribution in [2.45, 2.75) is 63.2 Å².